The fourth-order valence-electron chi connectivity index (χ4n) is 2.00. The number of rotatable bonds is 5. The van der Waals surface area contributed by atoms with Crippen molar-refractivity contribution in [3.8, 4) is 5.75 Å². The third kappa shape index (κ3) is 3.91. The van der Waals surface area contributed by atoms with Crippen molar-refractivity contribution in [1.29, 1.82) is 0 Å². The SMILES string of the molecule is COc1ccccc1NC(=O)CC1SCC(C(=O)O)NC1=O. The lowest BCUT2D eigenvalue weighted by Crippen LogP contribution is -2.51. The Hall–Kier alpha value is -2.22. The molecule has 0 spiro atoms. The Kier molecular flexibility index (Phi) is 5.26. The Bertz CT molecular complexity index is 592. The van der Waals surface area contributed by atoms with E-state index in [9.17, 15) is 14.4 Å². The van der Waals surface area contributed by atoms with Crippen molar-refractivity contribution in [1.82, 2.24) is 5.32 Å². The van der Waals surface area contributed by atoms with Gasteiger partial charge >= 0.3 is 5.97 Å². The number of amides is 2. The van der Waals surface area contributed by atoms with E-state index in [1.54, 1.807) is 24.3 Å². The number of carboxylic acids is 1. The summed E-state index contributed by atoms with van der Waals surface area (Å²) < 4.78 is 5.13. The molecule has 1 aromatic carbocycles. The number of hydrogen-bond donors (Lipinski definition) is 3. The van der Waals surface area contributed by atoms with E-state index in [0.29, 0.717) is 11.4 Å². The molecule has 1 aliphatic rings. The molecule has 2 atom stereocenters. The molecule has 0 aromatic heterocycles. The van der Waals surface area contributed by atoms with Crippen LogP contribution in [0.4, 0.5) is 5.69 Å². The minimum absolute atomic E-state index is 0.0269. The molecule has 8 heteroatoms. The van der Waals surface area contributed by atoms with Crippen LogP contribution < -0.4 is 15.4 Å². The second-order valence-electron chi connectivity index (χ2n) is 4.67. The molecule has 0 bridgehead atoms. The molecular formula is C14H16N2O5S. The molecule has 2 rings (SSSR count). The van der Waals surface area contributed by atoms with Crippen LogP contribution in [0, 0.1) is 0 Å². The number of thioether (sulfide) groups is 1. The Morgan fingerprint density at radius 1 is 1.45 bits per heavy atom. The van der Waals surface area contributed by atoms with E-state index in [1.807, 2.05) is 0 Å². The van der Waals surface area contributed by atoms with Crippen LogP contribution in [0.5, 0.6) is 5.75 Å². The number of anilines is 1. The van der Waals surface area contributed by atoms with Crippen molar-refractivity contribution in [2.24, 2.45) is 0 Å². The molecule has 0 saturated carbocycles. The number of carbonyl (C=O) groups excluding carboxylic acids is 2. The summed E-state index contributed by atoms with van der Waals surface area (Å²) in [4.78, 5) is 34.7. The average molecular weight is 324 g/mol. The van der Waals surface area contributed by atoms with Gasteiger partial charge in [-0.05, 0) is 12.1 Å². The summed E-state index contributed by atoms with van der Waals surface area (Å²) >= 11 is 1.17. The van der Waals surface area contributed by atoms with Crippen LogP contribution in [-0.4, -0.2) is 47.0 Å². The van der Waals surface area contributed by atoms with Crippen LogP contribution in [0.2, 0.25) is 0 Å². The maximum absolute atomic E-state index is 12.0. The largest absolute Gasteiger partial charge is 0.495 e. The smallest absolute Gasteiger partial charge is 0.327 e. The maximum atomic E-state index is 12.0. The summed E-state index contributed by atoms with van der Waals surface area (Å²) in [6, 6.07) is 6.06. The number of carboxylic acid groups (broad SMARTS) is 1. The van der Waals surface area contributed by atoms with Crippen LogP contribution in [0.1, 0.15) is 6.42 Å². The van der Waals surface area contributed by atoms with Gasteiger partial charge in [0.15, 0.2) is 0 Å². The minimum atomic E-state index is -1.07. The summed E-state index contributed by atoms with van der Waals surface area (Å²) in [6.07, 6.45) is -0.0269. The third-order valence-electron chi connectivity index (χ3n) is 3.12. The zero-order chi connectivity index (χ0) is 16.1. The second kappa shape index (κ2) is 7.17. The van der Waals surface area contributed by atoms with E-state index in [-0.39, 0.29) is 18.1 Å². The Morgan fingerprint density at radius 3 is 2.82 bits per heavy atom. The zero-order valence-corrected chi connectivity index (χ0v) is 12.7. The first-order valence-corrected chi connectivity index (χ1v) is 7.63. The van der Waals surface area contributed by atoms with Gasteiger partial charge in [-0.1, -0.05) is 12.1 Å². The Labute approximate surface area is 131 Å². The first-order valence-electron chi connectivity index (χ1n) is 6.59. The molecule has 0 radical (unpaired) electrons. The van der Waals surface area contributed by atoms with Gasteiger partial charge in [0.1, 0.15) is 11.8 Å². The molecule has 1 saturated heterocycles. The second-order valence-corrected chi connectivity index (χ2v) is 5.91. The summed E-state index contributed by atoms with van der Waals surface area (Å²) in [5.41, 5.74) is 0.527. The standard InChI is InChI=1S/C14H16N2O5S/c1-21-10-5-3-2-4-8(10)15-12(17)6-11-13(18)16-9(7-22-11)14(19)20/h2-5,9,11H,6-7H2,1H3,(H,15,17)(H,16,18)(H,19,20). The maximum Gasteiger partial charge on any atom is 0.327 e. The molecule has 7 nitrogen and oxygen atoms in total. The van der Waals surface area contributed by atoms with Gasteiger partial charge in [0.05, 0.1) is 18.0 Å². The molecule has 118 valence electrons. The van der Waals surface area contributed by atoms with Crippen molar-refractivity contribution < 1.29 is 24.2 Å². The van der Waals surface area contributed by atoms with E-state index >= 15 is 0 Å². The number of nitrogens with one attached hydrogen (secondary N) is 2. The van der Waals surface area contributed by atoms with E-state index < -0.39 is 23.2 Å². The average Bonchev–Trinajstić information content (AvgIpc) is 2.49. The molecule has 22 heavy (non-hydrogen) atoms. The quantitative estimate of drug-likeness (QED) is 0.737. The number of benzene rings is 1. The van der Waals surface area contributed by atoms with Gasteiger partial charge in [-0.15, -0.1) is 11.8 Å². The first kappa shape index (κ1) is 16.2. The van der Waals surface area contributed by atoms with Crippen LogP contribution in [0.15, 0.2) is 24.3 Å². The van der Waals surface area contributed by atoms with E-state index in [4.69, 9.17) is 9.84 Å². The van der Waals surface area contributed by atoms with Gasteiger partial charge in [-0.3, -0.25) is 9.59 Å². The lowest BCUT2D eigenvalue weighted by atomic mass is 10.2. The van der Waals surface area contributed by atoms with Crippen molar-refractivity contribution >= 4 is 35.2 Å². The summed E-state index contributed by atoms with van der Waals surface area (Å²) in [5, 5.41) is 13.3. The van der Waals surface area contributed by atoms with E-state index in [1.165, 1.54) is 18.9 Å². The highest BCUT2D eigenvalue weighted by atomic mass is 32.2. The van der Waals surface area contributed by atoms with Crippen LogP contribution >= 0.6 is 11.8 Å². The molecule has 1 aliphatic heterocycles. The summed E-state index contributed by atoms with van der Waals surface area (Å²) in [6.45, 7) is 0. The van der Waals surface area contributed by atoms with Gasteiger partial charge in [0, 0.05) is 12.2 Å². The van der Waals surface area contributed by atoms with Gasteiger partial charge < -0.3 is 20.5 Å². The van der Waals surface area contributed by atoms with Crippen molar-refractivity contribution in [2.75, 3.05) is 18.2 Å². The molecule has 2 amide bonds. The van der Waals surface area contributed by atoms with Gasteiger partial charge in [-0.2, -0.15) is 0 Å². The zero-order valence-electron chi connectivity index (χ0n) is 11.9. The Balaban J connectivity index is 1.93. The molecule has 0 aliphatic carbocycles. The first-order chi connectivity index (χ1) is 10.5. The number of ether oxygens (including phenoxy) is 1. The Morgan fingerprint density at radius 2 is 2.18 bits per heavy atom. The molecule has 2 unspecified atom stereocenters. The van der Waals surface area contributed by atoms with Gasteiger partial charge in [0.25, 0.3) is 0 Å². The van der Waals surface area contributed by atoms with Crippen LogP contribution in [0.25, 0.3) is 0 Å². The van der Waals surface area contributed by atoms with E-state index in [2.05, 4.69) is 10.6 Å². The third-order valence-corrected chi connectivity index (χ3v) is 4.43. The predicted octanol–water partition coefficient (Wildman–Crippen LogP) is 0.709. The number of hydrogen-bond acceptors (Lipinski definition) is 5. The fourth-order valence-corrected chi connectivity index (χ4v) is 3.14. The summed E-state index contributed by atoms with van der Waals surface area (Å²) in [5.74, 6) is -1.06. The highest BCUT2D eigenvalue weighted by Gasteiger charge is 2.33. The number of carbonyl (C=O) groups is 3. The molecule has 3 N–H and O–H groups in total. The van der Waals surface area contributed by atoms with E-state index in [0.717, 1.165) is 0 Å². The van der Waals surface area contributed by atoms with Gasteiger partial charge in [0.2, 0.25) is 11.8 Å². The predicted molar refractivity (Wildman–Crippen MR) is 82.1 cm³/mol. The highest BCUT2D eigenvalue weighted by Crippen LogP contribution is 2.25. The number of methoxy groups -OCH3 is 1. The fraction of sp³-hybridized carbons (Fsp3) is 0.357. The normalized spacial score (nSPS) is 20.9. The lowest BCUT2D eigenvalue weighted by molar-refractivity contribution is -0.141. The van der Waals surface area contributed by atoms with Crippen molar-refractivity contribution in [2.45, 2.75) is 17.7 Å². The number of para-hydroxylation sites is 2. The summed E-state index contributed by atoms with van der Waals surface area (Å²) in [7, 11) is 1.50. The van der Waals surface area contributed by atoms with Crippen LogP contribution in [0.3, 0.4) is 0 Å². The monoisotopic (exact) mass is 324 g/mol. The van der Waals surface area contributed by atoms with Gasteiger partial charge in [-0.25, -0.2) is 4.79 Å². The molecule has 1 heterocycles. The lowest BCUT2D eigenvalue weighted by Gasteiger charge is -2.25. The molecule has 1 fully saturated rings. The molecule has 1 aromatic rings. The topological polar surface area (TPSA) is 105 Å². The molecular weight excluding hydrogens is 308 g/mol. The minimum Gasteiger partial charge on any atom is -0.495 e. The van der Waals surface area contributed by atoms with Crippen molar-refractivity contribution in [3.05, 3.63) is 24.3 Å². The highest BCUT2D eigenvalue weighted by molar-refractivity contribution is 8.00. The number of aliphatic carboxylic acids is 1. The van der Waals surface area contributed by atoms with Crippen molar-refractivity contribution in [3.63, 3.8) is 0 Å². The van der Waals surface area contributed by atoms with Crippen LogP contribution in [-0.2, 0) is 14.4 Å².